The van der Waals surface area contributed by atoms with Gasteiger partial charge in [-0.15, -0.1) is 15.3 Å². The molecular formula is C60H73N9O17. The van der Waals surface area contributed by atoms with E-state index in [2.05, 4.69) is 31.3 Å². The van der Waals surface area contributed by atoms with Crippen LogP contribution in [0.3, 0.4) is 0 Å². The number of hydrogen-bond donors (Lipinski definition) is 6. The minimum absolute atomic E-state index is 0.00167. The molecule has 3 aliphatic heterocycles. The Labute approximate surface area is 496 Å². The number of carbonyl (C=O) groups is 12. The fourth-order valence-corrected chi connectivity index (χ4v) is 9.77. The molecule has 0 aromatic heterocycles. The largest absolute Gasteiger partial charge is 0.449 e. The molecule has 0 aliphatic carbocycles. The van der Waals surface area contributed by atoms with Crippen LogP contribution in [0.5, 0.6) is 0 Å². The van der Waals surface area contributed by atoms with Crippen LogP contribution in [0.4, 0.5) is 14.4 Å². The summed E-state index contributed by atoms with van der Waals surface area (Å²) >= 11 is 0. The number of benzene rings is 3. The summed E-state index contributed by atoms with van der Waals surface area (Å²) in [5.41, 5.74) is 19.7. The minimum atomic E-state index is -1.02. The third-order valence-electron chi connectivity index (χ3n) is 14.4. The molecule has 6 N–H and O–H groups in total. The van der Waals surface area contributed by atoms with E-state index in [0.29, 0.717) is 38.5 Å². The van der Waals surface area contributed by atoms with Crippen LogP contribution >= 0.6 is 0 Å². The van der Waals surface area contributed by atoms with Crippen molar-refractivity contribution in [2.24, 2.45) is 43.9 Å². The highest BCUT2D eigenvalue weighted by Gasteiger charge is 2.47. The lowest BCUT2D eigenvalue weighted by molar-refractivity contribution is -0.191. The van der Waals surface area contributed by atoms with Gasteiger partial charge >= 0.3 is 24.4 Å². The summed E-state index contributed by atoms with van der Waals surface area (Å²) in [5, 5.41) is 16.2. The van der Waals surface area contributed by atoms with Crippen molar-refractivity contribution in [3.05, 3.63) is 106 Å². The van der Waals surface area contributed by atoms with E-state index in [1.165, 1.54) is 36.4 Å². The molecule has 6 rings (SSSR count). The molecule has 3 aromatic carbocycles. The van der Waals surface area contributed by atoms with Crippen LogP contribution in [0.1, 0.15) is 181 Å². The summed E-state index contributed by atoms with van der Waals surface area (Å²) in [6, 6.07) is 15.6. The summed E-state index contributed by atoms with van der Waals surface area (Å²) in [6.07, 6.45) is 4.87. The lowest BCUT2D eigenvalue weighted by Crippen LogP contribution is -2.58. The molecule has 0 saturated carbocycles. The lowest BCUT2D eigenvalue weighted by atomic mass is 9.75. The van der Waals surface area contributed by atoms with Crippen molar-refractivity contribution in [3.63, 3.8) is 0 Å². The third-order valence-corrected chi connectivity index (χ3v) is 14.4. The summed E-state index contributed by atoms with van der Waals surface area (Å²) in [6.45, 7) is 13.3. The fraction of sp³-hybridized carbons (Fsp3) is 0.483. The molecule has 3 heterocycles. The molecule has 3 fully saturated rings. The van der Waals surface area contributed by atoms with E-state index in [9.17, 15) is 57.5 Å². The van der Waals surface area contributed by atoms with Gasteiger partial charge in [0.2, 0.25) is 0 Å². The van der Waals surface area contributed by atoms with Crippen molar-refractivity contribution in [3.8, 4) is 0 Å². The molecule has 0 bridgehead atoms. The first kappa shape index (κ1) is 70.9. The Hall–Kier alpha value is -9.32. The van der Waals surface area contributed by atoms with Gasteiger partial charge in [0.05, 0.1) is 59.2 Å². The van der Waals surface area contributed by atoms with E-state index in [1.54, 1.807) is 64.1 Å². The quantitative estimate of drug-likeness (QED) is 0.0151. The van der Waals surface area contributed by atoms with Gasteiger partial charge in [0.15, 0.2) is 34.7 Å². The summed E-state index contributed by atoms with van der Waals surface area (Å²) in [5.74, 6) is -8.18. The maximum absolute atomic E-state index is 13.4. The normalized spacial score (nSPS) is 18.0. The maximum Gasteiger partial charge on any atom is 0.407 e. The highest BCUT2D eigenvalue weighted by Crippen LogP contribution is 2.33. The van der Waals surface area contributed by atoms with Gasteiger partial charge in [-0.05, 0) is 37.5 Å². The zero-order chi connectivity index (χ0) is 64.3. The SMILES string of the molecule is CCCCC[C@@H](C(=O)c1ccccc1C(=O)N=N)C(=O)C1CCOC(=O)N1.CCCCC[C@@H](C(=O)c1ccccc1C(=O)N=N)C(=O)C1NC(=O)OCC1(C)C.CCC[C@H](C(=O)c1ccccc1C(=O)N=N)C(=O)C1NC(=O)OCC1(C)C.O=C=O. The number of unbranched alkanes of at least 4 members (excludes halogenated alkanes) is 4. The van der Waals surface area contributed by atoms with Crippen molar-refractivity contribution in [1.29, 1.82) is 16.6 Å². The molecule has 86 heavy (non-hydrogen) atoms. The number of amides is 6. The lowest BCUT2D eigenvalue weighted by Gasteiger charge is -2.38. The van der Waals surface area contributed by atoms with Crippen molar-refractivity contribution in [1.82, 2.24) is 16.0 Å². The Morgan fingerprint density at radius 3 is 1.12 bits per heavy atom. The average Bonchev–Trinajstić information content (AvgIpc) is 1.21. The molecule has 3 aromatic rings. The fourth-order valence-electron chi connectivity index (χ4n) is 9.77. The van der Waals surface area contributed by atoms with Crippen LogP contribution in [0.2, 0.25) is 0 Å². The number of nitrogens with one attached hydrogen (secondary N) is 6. The van der Waals surface area contributed by atoms with Crippen LogP contribution in [0.25, 0.3) is 0 Å². The number of alkyl carbamates (subject to hydrolysis) is 3. The number of rotatable bonds is 25. The summed E-state index contributed by atoms with van der Waals surface area (Å²) in [7, 11) is 0. The maximum atomic E-state index is 13.4. The van der Waals surface area contributed by atoms with Crippen molar-refractivity contribution >= 4 is 76.9 Å². The first-order valence-electron chi connectivity index (χ1n) is 27.9. The van der Waals surface area contributed by atoms with E-state index in [0.717, 1.165) is 25.7 Å². The number of cyclic esters (lactones) is 3. The van der Waals surface area contributed by atoms with Crippen LogP contribution in [-0.4, -0.2) is 115 Å². The second kappa shape index (κ2) is 34.5. The minimum Gasteiger partial charge on any atom is -0.449 e. The smallest absolute Gasteiger partial charge is 0.407 e. The highest BCUT2D eigenvalue weighted by molar-refractivity contribution is 6.19. The molecule has 26 heteroatoms. The number of nitrogens with zero attached hydrogens (tertiary/aromatic N) is 3. The number of hydrogen-bond acceptors (Lipinski definition) is 20. The van der Waals surface area contributed by atoms with Crippen LogP contribution < -0.4 is 16.0 Å². The Balaban J connectivity index is 0.000000330. The van der Waals surface area contributed by atoms with Gasteiger partial charge in [-0.1, -0.05) is 148 Å². The van der Waals surface area contributed by atoms with Crippen LogP contribution in [-0.2, 0) is 38.2 Å². The summed E-state index contributed by atoms with van der Waals surface area (Å²) in [4.78, 5) is 166. The second-order valence-corrected chi connectivity index (χ2v) is 21.6. The Morgan fingerprint density at radius 1 is 0.488 bits per heavy atom. The Bertz CT molecular complexity index is 3080. The van der Waals surface area contributed by atoms with Gasteiger partial charge in [0.1, 0.15) is 13.2 Å². The van der Waals surface area contributed by atoms with E-state index in [-0.39, 0.29) is 71.6 Å². The standard InChI is InChI=1S/C21H27N3O5.2C19H23N3O5.CO2/c1-4-5-6-11-15(17(26)18-21(2,3)12-29-20(28)23-18)16(25)13-9-7-8-10-14(13)19(27)24-22;1-4-7-13(15(24)16-19(2,3)10-27-18(26)21-16)14(23)11-8-5-6-9-12(11)17(25)22-20;1-2-3-4-9-14(17(24)15-10-11-27-19(26)21-15)16(23)12-7-5-6-8-13(12)18(25)22-20;2-1-3/h7-10,15,18,22H,4-6,11-12H2,1-3H3,(H,23,28);5-6,8-9,13,16,20H,4,7,10H2,1-3H3,(H,21,26);5-8,14-15,20H,2-4,9-11H2,1H3,(H,21,26);/t15-,18?;13-,16?;14-,15?;/m010./s1. The Kier molecular flexibility index (Phi) is 28.4. The third kappa shape index (κ3) is 19.4. The molecule has 3 unspecified atom stereocenters. The van der Waals surface area contributed by atoms with E-state index < -0.39 is 112 Å². The van der Waals surface area contributed by atoms with Gasteiger partial charge in [0.25, 0.3) is 17.7 Å². The zero-order valence-electron chi connectivity index (χ0n) is 49.1. The second-order valence-electron chi connectivity index (χ2n) is 21.6. The number of Topliss-reactive ketones (excluding diaryl/α,β-unsaturated/α-hetero) is 6. The molecular weight excluding hydrogens is 1120 g/mol. The topological polar surface area (TPSA) is 411 Å². The molecule has 6 atom stereocenters. The van der Waals surface area contributed by atoms with Gasteiger partial charge in [-0.2, -0.15) is 9.59 Å². The predicted octanol–water partition coefficient (Wildman–Crippen LogP) is 9.82. The first-order valence-corrected chi connectivity index (χ1v) is 27.9. The molecule has 3 aliphatic rings. The molecule has 0 radical (unpaired) electrons. The van der Waals surface area contributed by atoms with Gasteiger partial charge in [-0.3, -0.25) is 43.2 Å². The van der Waals surface area contributed by atoms with Gasteiger partial charge in [0, 0.05) is 33.9 Å². The molecule has 6 amide bonds. The monoisotopic (exact) mass is 1190 g/mol. The first-order chi connectivity index (χ1) is 40.9. The average molecular weight is 1190 g/mol. The van der Waals surface area contributed by atoms with Crippen molar-refractivity contribution in [2.45, 2.75) is 137 Å². The van der Waals surface area contributed by atoms with E-state index in [1.807, 2.05) is 20.8 Å². The highest BCUT2D eigenvalue weighted by atomic mass is 16.6. The van der Waals surface area contributed by atoms with Gasteiger partial charge in [-0.25, -0.2) is 31.0 Å². The van der Waals surface area contributed by atoms with Crippen molar-refractivity contribution in [2.75, 3.05) is 19.8 Å². The number of ketones is 6. The van der Waals surface area contributed by atoms with Crippen LogP contribution in [0.15, 0.2) is 88.1 Å². The summed E-state index contributed by atoms with van der Waals surface area (Å²) < 4.78 is 14.7. The van der Waals surface area contributed by atoms with Crippen LogP contribution in [0, 0.1) is 45.2 Å². The molecule has 3 saturated heterocycles. The van der Waals surface area contributed by atoms with Crippen molar-refractivity contribution < 1.29 is 81.3 Å². The molecule has 0 spiro atoms. The number of ether oxygens (including phenoxy) is 3. The van der Waals surface area contributed by atoms with E-state index in [4.69, 9.17) is 40.4 Å². The zero-order valence-corrected chi connectivity index (χ0v) is 49.1. The number of carbonyl (C=O) groups excluding carboxylic acids is 14. The Morgan fingerprint density at radius 2 is 0.802 bits per heavy atom. The predicted molar refractivity (Wildman–Crippen MR) is 301 cm³/mol. The van der Waals surface area contributed by atoms with Gasteiger partial charge < -0.3 is 30.2 Å². The van der Waals surface area contributed by atoms with E-state index >= 15 is 0 Å². The molecule has 26 nitrogen and oxygen atoms in total. The molecule has 460 valence electrons.